The van der Waals surface area contributed by atoms with Crippen molar-refractivity contribution in [1.29, 1.82) is 0 Å². The van der Waals surface area contributed by atoms with E-state index in [9.17, 15) is 5.11 Å². The molecule has 194 valence electrons. The third-order valence-electron chi connectivity index (χ3n) is 7.30. The molecule has 0 saturated carbocycles. The summed E-state index contributed by atoms with van der Waals surface area (Å²) in [4.78, 5) is 2.33. The van der Waals surface area contributed by atoms with Crippen molar-refractivity contribution in [3.63, 3.8) is 0 Å². The molecule has 1 N–H and O–H groups in total. The van der Waals surface area contributed by atoms with Gasteiger partial charge in [0, 0.05) is 26.0 Å². The van der Waals surface area contributed by atoms with E-state index in [0.29, 0.717) is 41.3 Å². The summed E-state index contributed by atoms with van der Waals surface area (Å²) in [5, 5.41) is 19.4. The van der Waals surface area contributed by atoms with E-state index in [4.69, 9.17) is 18.3 Å². The maximum atomic E-state index is 10.7. The lowest BCUT2D eigenvalue weighted by Gasteiger charge is -2.33. The van der Waals surface area contributed by atoms with Crippen LogP contribution in [-0.2, 0) is 6.42 Å². The molecule has 1 atom stereocenters. The lowest BCUT2D eigenvalue weighted by molar-refractivity contribution is 0.0599. The van der Waals surface area contributed by atoms with Crippen molar-refractivity contribution in [2.75, 3.05) is 26.2 Å². The Morgan fingerprint density at radius 1 is 1.11 bits per heavy atom. The number of aryl methyl sites for hydroxylation is 1. The molecule has 8 nitrogen and oxygen atoms in total. The molecule has 0 aliphatic carbocycles. The Bertz CT molecular complexity index is 1400. The molecule has 4 heterocycles. The summed E-state index contributed by atoms with van der Waals surface area (Å²) in [6.07, 6.45) is 2.55. The number of rotatable bonds is 7. The van der Waals surface area contributed by atoms with Crippen LogP contribution < -0.4 is 9.47 Å². The van der Waals surface area contributed by atoms with Gasteiger partial charge < -0.3 is 28.3 Å². The number of hydrogen-bond acceptors (Lipinski definition) is 8. The number of piperidine rings is 1. The number of fused-ring (bicyclic) bond motifs is 2. The summed E-state index contributed by atoms with van der Waals surface area (Å²) in [7, 11) is 0. The second kappa shape index (κ2) is 9.50. The molecule has 2 aliphatic heterocycles. The van der Waals surface area contributed by atoms with Crippen LogP contribution in [0.15, 0.2) is 51.3 Å². The minimum Gasteiger partial charge on any atom is -0.490 e. The van der Waals surface area contributed by atoms with Gasteiger partial charge in [-0.2, -0.15) is 0 Å². The number of aromatic nitrogens is 2. The lowest BCUT2D eigenvalue weighted by atomic mass is 9.87. The van der Waals surface area contributed by atoms with Gasteiger partial charge in [0.1, 0.15) is 35.4 Å². The fourth-order valence-corrected chi connectivity index (χ4v) is 5.53. The molecule has 0 bridgehead atoms. The monoisotopic (exact) mass is 503 g/mol. The molecule has 0 amide bonds. The van der Waals surface area contributed by atoms with Crippen LogP contribution in [0.25, 0.3) is 22.6 Å². The smallest absolute Gasteiger partial charge is 0.283 e. The Kier molecular flexibility index (Phi) is 6.16. The van der Waals surface area contributed by atoms with E-state index in [1.165, 1.54) is 11.1 Å². The molecule has 0 radical (unpaired) electrons. The Morgan fingerprint density at radius 2 is 1.95 bits per heavy atom. The highest BCUT2D eigenvalue weighted by atomic mass is 16.5. The van der Waals surface area contributed by atoms with E-state index in [0.717, 1.165) is 43.5 Å². The zero-order valence-electron chi connectivity index (χ0n) is 21.6. The number of hydrogen-bond donors (Lipinski definition) is 1. The average Bonchev–Trinajstić information content (AvgIpc) is 3.58. The van der Waals surface area contributed by atoms with E-state index in [1.54, 1.807) is 6.92 Å². The largest absolute Gasteiger partial charge is 0.490 e. The molecule has 0 unspecified atom stereocenters. The second-order valence-corrected chi connectivity index (χ2v) is 10.9. The van der Waals surface area contributed by atoms with Gasteiger partial charge in [-0.1, -0.05) is 18.2 Å². The van der Waals surface area contributed by atoms with Crippen LogP contribution in [0.1, 0.15) is 49.6 Å². The predicted octanol–water partition coefficient (Wildman–Crippen LogP) is 5.12. The molecule has 4 aromatic rings. The number of aliphatic hydroxyl groups is 1. The summed E-state index contributed by atoms with van der Waals surface area (Å²) in [6.45, 7) is 8.75. The van der Waals surface area contributed by atoms with Crippen LogP contribution in [0, 0.1) is 6.92 Å². The molecule has 1 saturated heterocycles. The number of aliphatic hydroxyl groups excluding tert-OH is 1. The zero-order chi connectivity index (χ0) is 25.6. The summed E-state index contributed by atoms with van der Waals surface area (Å²) in [6, 6.07) is 14.2. The Morgan fingerprint density at radius 3 is 2.73 bits per heavy atom. The lowest BCUT2D eigenvalue weighted by Crippen LogP contribution is -2.40. The van der Waals surface area contributed by atoms with Gasteiger partial charge in [0.05, 0.1) is 5.39 Å². The summed E-state index contributed by atoms with van der Waals surface area (Å²) < 4.78 is 23.4. The van der Waals surface area contributed by atoms with Gasteiger partial charge in [-0.25, -0.2) is 0 Å². The van der Waals surface area contributed by atoms with Crippen LogP contribution in [0.3, 0.4) is 0 Å². The number of benzene rings is 2. The van der Waals surface area contributed by atoms with Gasteiger partial charge >= 0.3 is 0 Å². The first-order chi connectivity index (χ1) is 17.8. The van der Waals surface area contributed by atoms with Crippen molar-refractivity contribution < 1.29 is 23.4 Å². The quantitative estimate of drug-likeness (QED) is 0.371. The first-order valence-corrected chi connectivity index (χ1v) is 13.0. The Balaban J connectivity index is 1.02. The SMILES string of the molecule is Cc1nnc(-c2cc3c(OC[C@@H](O)CN4CCC(c5ccc6c(c5)CC(C)(C)O6)CC4)cccc3o2)o1. The van der Waals surface area contributed by atoms with Crippen molar-refractivity contribution in [2.45, 2.75) is 57.7 Å². The normalized spacial score (nSPS) is 18.6. The highest BCUT2D eigenvalue weighted by Gasteiger charge is 2.31. The maximum absolute atomic E-state index is 10.7. The van der Waals surface area contributed by atoms with Crippen molar-refractivity contribution in [2.24, 2.45) is 0 Å². The summed E-state index contributed by atoms with van der Waals surface area (Å²) in [5.41, 5.74) is 3.29. The van der Waals surface area contributed by atoms with Gasteiger partial charge in [-0.3, -0.25) is 0 Å². The Labute approximate surface area is 216 Å². The molecule has 1 fully saturated rings. The van der Waals surface area contributed by atoms with Gasteiger partial charge in [0.2, 0.25) is 5.89 Å². The maximum Gasteiger partial charge on any atom is 0.283 e. The highest BCUT2D eigenvalue weighted by Crippen LogP contribution is 2.38. The number of ether oxygens (including phenoxy) is 2. The minimum atomic E-state index is -0.587. The number of nitrogens with zero attached hydrogens (tertiary/aromatic N) is 3. The molecule has 6 rings (SSSR count). The molecule has 2 aromatic carbocycles. The molecular weight excluding hydrogens is 470 g/mol. The fraction of sp³-hybridized carbons (Fsp3) is 0.448. The van der Waals surface area contributed by atoms with Crippen molar-refractivity contribution in [1.82, 2.24) is 15.1 Å². The van der Waals surface area contributed by atoms with Gasteiger partial charge in [0.25, 0.3) is 5.89 Å². The van der Waals surface area contributed by atoms with Gasteiger partial charge in [-0.15, -0.1) is 10.2 Å². The van der Waals surface area contributed by atoms with Gasteiger partial charge in [-0.05, 0) is 75.0 Å². The van der Waals surface area contributed by atoms with E-state index in [-0.39, 0.29) is 12.2 Å². The summed E-state index contributed by atoms with van der Waals surface area (Å²) >= 11 is 0. The first-order valence-electron chi connectivity index (χ1n) is 13.0. The molecule has 37 heavy (non-hydrogen) atoms. The topological polar surface area (TPSA) is 94.0 Å². The van der Waals surface area contributed by atoms with E-state index in [1.807, 2.05) is 24.3 Å². The molecule has 2 aromatic heterocycles. The molecule has 8 heteroatoms. The van der Waals surface area contributed by atoms with E-state index < -0.39 is 6.10 Å². The fourth-order valence-electron chi connectivity index (χ4n) is 5.53. The van der Waals surface area contributed by atoms with Crippen LogP contribution >= 0.6 is 0 Å². The van der Waals surface area contributed by atoms with Crippen LogP contribution in [0.4, 0.5) is 0 Å². The van der Waals surface area contributed by atoms with Crippen molar-refractivity contribution in [3.8, 4) is 23.1 Å². The Hall–Kier alpha value is -3.36. The molecular formula is C29H33N3O5. The third kappa shape index (κ3) is 5.08. The minimum absolute atomic E-state index is 0.110. The highest BCUT2D eigenvalue weighted by molar-refractivity contribution is 5.87. The summed E-state index contributed by atoms with van der Waals surface area (Å²) in [5.74, 6) is 3.54. The van der Waals surface area contributed by atoms with Crippen LogP contribution in [0.2, 0.25) is 0 Å². The molecule has 2 aliphatic rings. The van der Waals surface area contributed by atoms with Crippen molar-refractivity contribution >= 4 is 11.0 Å². The standard InChI is InChI=1S/C29H33N3O5/c1-18-30-31-28(35-18)27-14-23-25(5-4-6-26(23)36-27)34-17-22(33)16-32-11-9-19(10-12-32)20-7-8-24-21(13-20)15-29(2,3)37-24/h4-8,13-14,19,22,33H,9-12,15-17H2,1-3H3/t22-/m0/s1. The predicted molar refractivity (Wildman–Crippen MR) is 139 cm³/mol. The second-order valence-electron chi connectivity index (χ2n) is 10.9. The zero-order valence-corrected chi connectivity index (χ0v) is 21.6. The van der Waals surface area contributed by atoms with Crippen LogP contribution in [-0.4, -0.2) is 58.1 Å². The van der Waals surface area contributed by atoms with Crippen molar-refractivity contribution in [3.05, 3.63) is 59.5 Å². The number of β-amino-alcohol motifs (C(OH)–C–C–N with tert-alkyl or cyclic N) is 1. The average molecular weight is 504 g/mol. The molecule has 0 spiro atoms. The first kappa shape index (κ1) is 24.0. The van der Waals surface area contributed by atoms with E-state index in [2.05, 4.69) is 47.1 Å². The third-order valence-corrected chi connectivity index (χ3v) is 7.30. The van der Waals surface area contributed by atoms with Crippen LogP contribution in [0.5, 0.6) is 11.5 Å². The number of likely N-dealkylation sites (tertiary alicyclic amines) is 1. The number of furan rings is 1. The van der Waals surface area contributed by atoms with E-state index >= 15 is 0 Å². The van der Waals surface area contributed by atoms with Gasteiger partial charge in [0.15, 0.2) is 5.76 Å².